The zero-order chi connectivity index (χ0) is 12.1. The van der Waals surface area contributed by atoms with Crippen molar-refractivity contribution in [3.63, 3.8) is 0 Å². The van der Waals surface area contributed by atoms with Crippen molar-refractivity contribution in [2.45, 2.75) is 44.2 Å². The first kappa shape index (κ1) is 12.1. The highest BCUT2D eigenvalue weighted by Gasteiger charge is 2.35. The molecule has 2 heteroatoms. The van der Waals surface area contributed by atoms with Gasteiger partial charge in [0, 0.05) is 6.54 Å². The molecule has 0 heterocycles. The van der Waals surface area contributed by atoms with E-state index in [4.69, 9.17) is 0 Å². The van der Waals surface area contributed by atoms with E-state index >= 15 is 0 Å². The van der Waals surface area contributed by atoms with Crippen LogP contribution in [0.3, 0.4) is 0 Å². The molecular weight excluding hydrogens is 208 g/mol. The molecule has 1 fully saturated rings. The molecule has 0 saturated heterocycles. The summed E-state index contributed by atoms with van der Waals surface area (Å²) in [5.41, 5.74) is 1.06. The van der Waals surface area contributed by atoms with Crippen molar-refractivity contribution < 1.29 is 0 Å². The Labute approximate surface area is 104 Å². The molecule has 2 rings (SSSR count). The van der Waals surface area contributed by atoms with Crippen LogP contribution < -0.4 is 0 Å². The van der Waals surface area contributed by atoms with Gasteiger partial charge in [-0.05, 0) is 25.5 Å². The van der Waals surface area contributed by atoms with Crippen LogP contribution >= 0.6 is 0 Å². The van der Waals surface area contributed by atoms with E-state index in [0.29, 0.717) is 0 Å². The van der Waals surface area contributed by atoms with Gasteiger partial charge in [0.2, 0.25) is 0 Å². The van der Waals surface area contributed by atoms with Gasteiger partial charge in [0.1, 0.15) is 5.54 Å². The zero-order valence-electron chi connectivity index (χ0n) is 10.5. The molecule has 1 saturated carbocycles. The maximum atomic E-state index is 9.50. The highest BCUT2D eigenvalue weighted by Crippen LogP contribution is 2.33. The minimum absolute atomic E-state index is 0.228. The van der Waals surface area contributed by atoms with E-state index in [1.165, 1.54) is 24.8 Å². The molecule has 0 aromatic heterocycles. The lowest BCUT2D eigenvalue weighted by Gasteiger charge is -2.39. The molecule has 0 radical (unpaired) electrons. The normalized spacial score (nSPS) is 18.9. The Morgan fingerprint density at radius 2 is 1.82 bits per heavy atom. The average Bonchev–Trinajstić information content (AvgIpc) is 2.40. The van der Waals surface area contributed by atoms with Gasteiger partial charge in [-0.15, -0.1) is 0 Å². The van der Waals surface area contributed by atoms with Crippen molar-refractivity contribution in [2.24, 2.45) is 0 Å². The van der Waals surface area contributed by atoms with Crippen LogP contribution in [0.5, 0.6) is 0 Å². The van der Waals surface area contributed by atoms with Crippen molar-refractivity contribution in [3.8, 4) is 6.07 Å². The Morgan fingerprint density at radius 3 is 2.41 bits per heavy atom. The minimum Gasteiger partial charge on any atom is -0.284 e. The molecule has 1 aliphatic rings. The SMILES string of the molecule is CN(Cc1ccccc1)C1(C#N)CCCCC1. The van der Waals surface area contributed by atoms with Crippen molar-refractivity contribution >= 4 is 0 Å². The summed E-state index contributed by atoms with van der Waals surface area (Å²) in [4.78, 5) is 2.24. The fourth-order valence-electron chi connectivity index (χ4n) is 2.72. The van der Waals surface area contributed by atoms with Crippen LogP contribution in [0, 0.1) is 11.3 Å². The summed E-state index contributed by atoms with van der Waals surface area (Å²) in [6, 6.07) is 13.0. The molecule has 1 aromatic rings. The Kier molecular flexibility index (Phi) is 3.81. The molecule has 0 bridgehead atoms. The summed E-state index contributed by atoms with van der Waals surface area (Å²) in [5.74, 6) is 0. The molecule has 0 amide bonds. The van der Waals surface area contributed by atoms with E-state index in [0.717, 1.165) is 19.4 Å². The van der Waals surface area contributed by atoms with Crippen LogP contribution in [-0.2, 0) is 6.54 Å². The third-order valence-electron chi connectivity index (χ3n) is 3.88. The Bertz CT molecular complexity index is 385. The van der Waals surface area contributed by atoms with Gasteiger partial charge in [-0.1, -0.05) is 49.6 Å². The summed E-state index contributed by atoms with van der Waals surface area (Å²) < 4.78 is 0. The molecule has 1 aliphatic carbocycles. The van der Waals surface area contributed by atoms with Crippen LogP contribution in [0.15, 0.2) is 30.3 Å². The molecule has 1 aromatic carbocycles. The van der Waals surface area contributed by atoms with Crippen LogP contribution in [0.4, 0.5) is 0 Å². The number of nitrogens with zero attached hydrogens (tertiary/aromatic N) is 2. The predicted octanol–water partition coefficient (Wildman–Crippen LogP) is 3.34. The predicted molar refractivity (Wildman–Crippen MR) is 69.3 cm³/mol. The van der Waals surface area contributed by atoms with Crippen LogP contribution in [0.1, 0.15) is 37.7 Å². The van der Waals surface area contributed by atoms with Crippen LogP contribution in [0.2, 0.25) is 0 Å². The number of hydrogen-bond acceptors (Lipinski definition) is 2. The van der Waals surface area contributed by atoms with E-state index in [1.54, 1.807) is 0 Å². The molecule has 17 heavy (non-hydrogen) atoms. The summed E-state index contributed by atoms with van der Waals surface area (Å²) in [6.07, 6.45) is 5.70. The molecule has 0 atom stereocenters. The highest BCUT2D eigenvalue weighted by atomic mass is 15.2. The lowest BCUT2D eigenvalue weighted by molar-refractivity contribution is 0.120. The Hall–Kier alpha value is -1.33. The molecule has 0 unspecified atom stereocenters. The van der Waals surface area contributed by atoms with Gasteiger partial charge in [0.25, 0.3) is 0 Å². The monoisotopic (exact) mass is 228 g/mol. The van der Waals surface area contributed by atoms with Crippen molar-refractivity contribution in [1.29, 1.82) is 5.26 Å². The zero-order valence-corrected chi connectivity index (χ0v) is 10.5. The quantitative estimate of drug-likeness (QED) is 0.793. The van der Waals surface area contributed by atoms with Crippen LogP contribution in [-0.4, -0.2) is 17.5 Å². The third-order valence-corrected chi connectivity index (χ3v) is 3.88. The van der Waals surface area contributed by atoms with Gasteiger partial charge in [0.05, 0.1) is 6.07 Å². The van der Waals surface area contributed by atoms with Gasteiger partial charge >= 0.3 is 0 Å². The largest absolute Gasteiger partial charge is 0.284 e. The fraction of sp³-hybridized carbons (Fsp3) is 0.533. The Balaban J connectivity index is 2.08. The topological polar surface area (TPSA) is 27.0 Å². The van der Waals surface area contributed by atoms with E-state index < -0.39 is 0 Å². The Morgan fingerprint density at radius 1 is 1.18 bits per heavy atom. The van der Waals surface area contributed by atoms with Crippen LogP contribution in [0.25, 0.3) is 0 Å². The number of hydrogen-bond donors (Lipinski definition) is 0. The maximum Gasteiger partial charge on any atom is 0.109 e. The minimum atomic E-state index is -0.228. The second-order valence-electron chi connectivity index (χ2n) is 5.05. The van der Waals surface area contributed by atoms with Gasteiger partial charge in [-0.2, -0.15) is 5.26 Å². The summed E-state index contributed by atoms with van der Waals surface area (Å²) in [7, 11) is 2.08. The van der Waals surface area contributed by atoms with Crippen molar-refractivity contribution in [3.05, 3.63) is 35.9 Å². The number of benzene rings is 1. The van der Waals surface area contributed by atoms with Gasteiger partial charge in [0.15, 0.2) is 0 Å². The first-order valence-corrected chi connectivity index (χ1v) is 6.43. The van der Waals surface area contributed by atoms with Gasteiger partial charge in [-0.3, -0.25) is 4.90 Å². The second kappa shape index (κ2) is 5.33. The number of nitriles is 1. The summed E-state index contributed by atoms with van der Waals surface area (Å²) in [6.45, 7) is 0.869. The summed E-state index contributed by atoms with van der Waals surface area (Å²) >= 11 is 0. The van der Waals surface area contributed by atoms with Crippen molar-refractivity contribution in [1.82, 2.24) is 4.90 Å². The molecule has 2 nitrogen and oxygen atoms in total. The molecular formula is C15H20N2. The maximum absolute atomic E-state index is 9.50. The fourth-order valence-corrected chi connectivity index (χ4v) is 2.72. The molecule has 0 spiro atoms. The highest BCUT2D eigenvalue weighted by molar-refractivity contribution is 5.17. The second-order valence-corrected chi connectivity index (χ2v) is 5.05. The van der Waals surface area contributed by atoms with E-state index in [9.17, 15) is 5.26 Å². The lowest BCUT2D eigenvalue weighted by atomic mass is 9.81. The standard InChI is InChI=1S/C15H20N2/c1-17(12-14-8-4-2-5-9-14)15(13-16)10-6-3-7-11-15/h2,4-5,8-9H,3,6-7,10-12H2,1H3. The third kappa shape index (κ3) is 2.68. The number of rotatable bonds is 3. The summed E-state index contributed by atoms with van der Waals surface area (Å²) in [5, 5.41) is 9.50. The van der Waals surface area contributed by atoms with Gasteiger partial charge < -0.3 is 0 Å². The average molecular weight is 228 g/mol. The molecule has 90 valence electrons. The van der Waals surface area contributed by atoms with E-state index in [-0.39, 0.29) is 5.54 Å². The van der Waals surface area contributed by atoms with E-state index in [1.807, 2.05) is 6.07 Å². The van der Waals surface area contributed by atoms with Crippen molar-refractivity contribution in [2.75, 3.05) is 7.05 Å². The first-order chi connectivity index (χ1) is 8.27. The smallest absolute Gasteiger partial charge is 0.109 e. The van der Waals surface area contributed by atoms with Gasteiger partial charge in [-0.25, -0.2) is 0 Å². The first-order valence-electron chi connectivity index (χ1n) is 6.43. The molecule has 0 aliphatic heterocycles. The molecule has 0 N–H and O–H groups in total. The lowest BCUT2D eigenvalue weighted by Crippen LogP contribution is -2.46. The van der Waals surface area contributed by atoms with E-state index in [2.05, 4.69) is 42.3 Å².